The van der Waals surface area contributed by atoms with Gasteiger partial charge in [-0.2, -0.15) is 0 Å². The van der Waals surface area contributed by atoms with Crippen LogP contribution in [0, 0.1) is 0 Å². The molecule has 0 unspecified atom stereocenters. The lowest BCUT2D eigenvalue weighted by Gasteiger charge is -2.04. The summed E-state index contributed by atoms with van der Waals surface area (Å²) in [5.41, 5.74) is 3.45. The van der Waals surface area contributed by atoms with Crippen LogP contribution in [0.5, 0.6) is 0 Å². The zero-order chi connectivity index (χ0) is 17.9. The van der Waals surface area contributed by atoms with Crippen molar-refractivity contribution >= 4 is 16.9 Å². The van der Waals surface area contributed by atoms with Gasteiger partial charge in [0.25, 0.3) is 0 Å². The molecule has 0 saturated heterocycles. The van der Waals surface area contributed by atoms with Gasteiger partial charge in [0.15, 0.2) is 0 Å². The third-order valence-corrected chi connectivity index (χ3v) is 3.26. The Bertz CT molecular complexity index is 791. The van der Waals surface area contributed by atoms with Gasteiger partial charge in [0.2, 0.25) is 5.78 Å². The number of fused-ring (bicyclic) bond motifs is 1. The number of nitrogens with zero attached hydrogens (tertiary/aromatic N) is 1. The minimum absolute atomic E-state index is 0.0920. The van der Waals surface area contributed by atoms with Gasteiger partial charge in [-0.3, -0.25) is 4.79 Å². The number of aromatic nitrogens is 1. The van der Waals surface area contributed by atoms with Gasteiger partial charge in [0.1, 0.15) is 5.69 Å². The lowest BCUT2D eigenvalue weighted by molar-refractivity contribution is 0.104. The average Bonchev–Trinajstić information content (AvgIpc) is 3.00. The van der Waals surface area contributed by atoms with Crippen LogP contribution in [-0.2, 0) is 0 Å². The minimum atomic E-state index is -0.0920. The van der Waals surface area contributed by atoms with Crippen LogP contribution < -0.4 is 5.32 Å². The molecule has 2 heterocycles. The van der Waals surface area contributed by atoms with E-state index in [1.165, 1.54) is 6.08 Å². The standard InChI is InChI=1S/C18H17NO.C3H7N/c1-4-9-14(10-5-2)16-13-15-11-7-8-12-19(15)18(16)17(20)6-3;1-3-4-2/h4-13H,1,3H2,2H3;3-4H,1H2,2H3/b10-5-,14-9+;. The molecule has 0 aromatic carbocycles. The summed E-state index contributed by atoms with van der Waals surface area (Å²) in [5.74, 6) is -0.0920. The first-order valence-corrected chi connectivity index (χ1v) is 7.65. The molecule has 0 bridgehead atoms. The van der Waals surface area contributed by atoms with Crippen molar-refractivity contribution < 1.29 is 4.79 Å². The number of carbonyl (C=O) groups is 1. The minimum Gasteiger partial charge on any atom is -0.394 e. The van der Waals surface area contributed by atoms with Gasteiger partial charge in [-0.25, -0.2) is 0 Å². The van der Waals surface area contributed by atoms with Crippen molar-refractivity contribution in [2.75, 3.05) is 7.05 Å². The van der Waals surface area contributed by atoms with Gasteiger partial charge < -0.3 is 9.72 Å². The van der Waals surface area contributed by atoms with E-state index in [9.17, 15) is 4.79 Å². The zero-order valence-electron chi connectivity index (χ0n) is 14.3. The predicted octanol–water partition coefficient (Wildman–Crippen LogP) is 4.80. The predicted molar refractivity (Wildman–Crippen MR) is 104 cm³/mol. The van der Waals surface area contributed by atoms with Gasteiger partial charge in [0.05, 0.1) is 0 Å². The van der Waals surface area contributed by atoms with E-state index >= 15 is 0 Å². The average molecular weight is 320 g/mol. The van der Waals surface area contributed by atoms with Crippen LogP contribution in [0.1, 0.15) is 23.0 Å². The first kappa shape index (κ1) is 19.0. The molecule has 24 heavy (non-hydrogen) atoms. The Morgan fingerprint density at radius 1 is 1.25 bits per heavy atom. The van der Waals surface area contributed by atoms with Gasteiger partial charge in [-0.05, 0) is 43.0 Å². The van der Waals surface area contributed by atoms with Gasteiger partial charge in [0, 0.05) is 24.3 Å². The SMILES string of the molecule is C=C/C=C(\C=C/C)c1cc2ccccn2c1C(=O)C=C.C=CNC. The summed E-state index contributed by atoms with van der Waals surface area (Å²) in [6.07, 6.45) is 12.4. The summed E-state index contributed by atoms with van der Waals surface area (Å²) in [5, 5.41) is 2.69. The molecule has 2 aromatic heterocycles. The number of nitrogens with one attached hydrogen (secondary N) is 1. The Morgan fingerprint density at radius 3 is 2.50 bits per heavy atom. The van der Waals surface area contributed by atoms with Crippen LogP contribution in [0.25, 0.3) is 11.1 Å². The number of hydrogen-bond acceptors (Lipinski definition) is 2. The highest BCUT2D eigenvalue weighted by Crippen LogP contribution is 2.26. The molecule has 0 radical (unpaired) electrons. The maximum atomic E-state index is 12.2. The molecule has 0 aliphatic rings. The maximum Gasteiger partial charge on any atom is 0.202 e. The van der Waals surface area contributed by atoms with Crippen molar-refractivity contribution in [3.63, 3.8) is 0 Å². The van der Waals surface area contributed by atoms with Crippen LogP contribution in [0.3, 0.4) is 0 Å². The van der Waals surface area contributed by atoms with Crippen LogP contribution in [0.4, 0.5) is 0 Å². The van der Waals surface area contributed by atoms with E-state index in [4.69, 9.17) is 0 Å². The zero-order valence-corrected chi connectivity index (χ0v) is 14.3. The summed E-state index contributed by atoms with van der Waals surface area (Å²) in [4.78, 5) is 12.2. The molecule has 0 atom stereocenters. The van der Waals surface area contributed by atoms with E-state index in [0.29, 0.717) is 5.69 Å². The molecule has 0 amide bonds. The second-order valence-corrected chi connectivity index (χ2v) is 4.82. The number of carbonyl (C=O) groups excluding carboxylic acids is 1. The quantitative estimate of drug-likeness (QED) is 0.471. The fourth-order valence-electron chi connectivity index (χ4n) is 2.23. The van der Waals surface area contributed by atoms with Crippen molar-refractivity contribution in [2.45, 2.75) is 6.92 Å². The first-order valence-electron chi connectivity index (χ1n) is 7.65. The van der Waals surface area contributed by atoms with Crippen LogP contribution >= 0.6 is 0 Å². The van der Waals surface area contributed by atoms with Gasteiger partial charge in [-0.15, -0.1) is 0 Å². The second-order valence-electron chi connectivity index (χ2n) is 4.82. The molecular formula is C21H24N2O. The highest BCUT2D eigenvalue weighted by Gasteiger charge is 2.16. The van der Waals surface area contributed by atoms with E-state index in [0.717, 1.165) is 16.7 Å². The van der Waals surface area contributed by atoms with Gasteiger partial charge >= 0.3 is 0 Å². The molecule has 2 aromatic rings. The van der Waals surface area contributed by atoms with E-state index in [1.54, 1.807) is 12.3 Å². The molecule has 0 fully saturated rings. The molecule has 0 spiro atoms. The fraction of sp³-hybridized carbons (Fsp3) is 0.0952. The largest absolute Gasteiger partial charge is 0.394 e. The van der Waals surface area contributed by atoms with Crippen molar-refractivity contribution in [3.8, 4) is 0 Å². The second kappa shape index (κ2) is 9.85. The lowest BCUT2D eigenvalue weighted by Crippen LogP contribution is -2.02. The monoisotopic (exact) mass is 320 g/mol. The fourth-order valence-corrected chi connectivity index (χ4v) is 2.23. The molecule has 124 valence electrons. The topological polar surface area (TPSA) is 33.5 Å². The van der Waals surface area contributed by atoms with Crippen LogP contribution in [-0.4, -0.2) is 17.2 Å². The molecule has 0 saturated carbocycles. The van der Waals surface area contributed by atoms with Crippen LogP contribution in [0.2, 0.25) is 0 Å². The lowest BCUT2D eigenvalue weighted by atomic mass is 10.0. The Hall–Kier alpha value is -3.07. The third-order valence-electron chi connectivity index (χ3n) is 3.26. The van der Waals surface area contributed by atoms with Crippen molar-refractivity contribution in [1.82, 2.24) is 9.72 Å². The number of hydrogen-bond donors (Lipinski definition) is 1. The molecular weight excluding hydrogens is 296 g/mol. The molecule has 2 rings (SSSR count). The maximum absolute atomic E-state index is 12.2. The Kier molecular flexibility index (Phi) is 7.79. The van der Waals surface area contributed by atoms with Gasteiger partial charge in [-0.1, -0.05) is 50.1 Å². The number of allylic oxidation sites excluding steroid dienone is 6. The normalized spacial score (nSPS) is 10.8. The molecule has 1 N–H and O–H groups in total. The highest BCUT2D eigenvalue weighted by molar-refractivity contribution is 6.08. The Labute approximate surface area is 144 Å². The molecule has 3 heteroatoms. The van der Waals surface area contributed by atoms with E-state index in [1.807, 2.05) is 67.1 Å². The van der Waals surface area contributed by atoms with E-state index in [-0.39, 0.29) is 5.78 Å². The van der Waals surface area contributed by atoms with Crippen molar-refractivity contribution in [3.05, 3.63) is 98.0 Å². The van der Waals surface area contributed by atoms with E-state index < -0.39 is 0 Å². The van der Waals surface area contributed by atoms with E-state index in [2.05, 4.69) is 25.1 Å². The third kappa shape index (κ3) is 4.46. The number of ketones is 1. The molecule has 3 nitrogen and oxygen atoms in total. The highest BCUT2D eigenvalue weighted by atomic mass is 16.1. The first-order chi connectivity index (χ1) is 11.6. The summed E-state index contributed by atoms with van der Waals surface area (Å²) < 4.78 is 1.89. The van der Waals surface area contributed by atoms with Crippen molar-refractivity contribution in [1.29, 1.82) is 0 Å². The summed E-state index contributed by atoms with van der Waals surface area (Å²) >= 11 is 0. The van der Waals surface area contributed by atoms with Crippen molar-refractivity contribution in [2.24, 2.45) is 0 Å². The summed E-state index contributed by atoms with van der Waals surface area (Å²) in [6, 6.07) is 7.84. The Balaban J connectivity index is 0.000000648. The number of pyridine rings is 1. The Morgan fingerprint density at radius 2 is 1.96 bits per heavy atom. The summed E-state index contributed by atoms with van der Waals surface area (Å²) in [7, 11) is 1.81. The number of rotatable bonds is 6. The summed E-state index contributed by atoms with van der Waals surface area (Å²) in [6.45, 7) is 12.6. The molecule has 0 aliphatic heterocycles. The molecule has 0 aliphatic carbocycles. The van der Waals surface area contributed by atoms with Crippen LogP contribution in [0.15, 0.2) is 86.8 Å². The smallest absolute Gasteiger partial charge is 0.202 e.